The summed E-state index contributed by atoms with van der Waals surface area (Å²) in [6.45, 7) is 5.16. The molecular formula is C21H25N3O3. The largest absolute Gasteiger partial charge is 0.484 e. The number of aryl methyl sites for hydroxylation is 1. The fourth-order valence-electron chi connectivity index (χ4n) is 3.30. The number of ketones is 1. The summed E-state index contributed by atoms with van der Waals surface area (Å²) in [5.74, 6) is 1.84. The number of rotatable bonds is 6. The average Bonchev–Trinajstić information content (AvgIpc) is 2.72. The van der Waals surface area contributed by atoms with E-state index >= 15 is 0 Å². The van der Waals surface area contributed by atoms with Crippen LogP contribution in [0.1, 0.15) is 54.0 Å². The van der Waals surface area contributed by atoms with Gasteiger partial charge in [-0.15, -0.1) is 0 Å². The Labute approximate surface area is 159 Å². The summed E-state index contributed by atoms with van der Waals surface area (Å²) in [7, 11) is 0. The molecule has 1 fully saturated rings. The number of nitrogens with zero attached hydrogens (tertiary/aromatic N) is 3. The van der Waals surface area contributed by atoms with Gasteiger partial charge in [-0.05, 0) is 50.1 Å². The number of likely N-dealkylation sites (tertiary alicyclic amines) is 1. The lowest BCUT2D eigenvalue weighted by Crippen LogP contribution is -2.40. The number of Topliss-reactive ketones (excluding diaryl/α,β-unsaturated/α-hetero) is 1. The summed E-state index contributed by atoms with van der Waals surface area (Å²) in [5, 5.41) is 0. The monoisotopic (exact) mass is 367 g/mol. The van der Waals surface area contributed by atoms with Crippen LogP contribution in [-0.4, -0.2) is 46.3 Å². The number of ether oxygens (including phenoxy) is 1. The van der Waals surface area contributed by atoms with Gasteiger partial charge in [0.05, 0.1) is 0 Å². The van der Waals surface area contributed by atoms with Crippen LogP contribution < -0.4 is 4.74 Å². The van der Waals surface area contributed by atoms with Gasteiger partial charge in [0.15, 0.2) is 12.4 Å². The molecule has 2 heterocycles. The molecule has 6 heteroatoms. The minimum Gasteiger partial charge on any atom is -0.484 e. The molecular weight excluding hydrogens is 342 g/mol. The van der Waals surface area contributed by atoms with Crippen LogP contribution in [0, 0.1) is 6.92 Å². The molecule has 1 aliphatic heterocycles. The van der Waals surface area contributed by atoms with Gasteiger partial charge in [0.25, 0.3) is 5.91 Å². The summed E-state index contributed by atoms with van der Waals surface area (Å²) < 4.78 is 5.59. The molecule has 1 aliphatic rings. The van der Waals surface area contributed by atoms with Crippen molar-refractivity contribution in [3.63, 3.8) is 0 Å². The highest BCUT2D eigenvalue weighted by molar-refractivity contribution is 5.95. The number of hydrogen-bond acceptors (Lipinski definition) is 5. The van der Waals surface area contributed by atoms with Crippen molar-refractivity contribution in [2.24, 2.45) is 0 Å². The molecule has 3 rings (SSSR count). The zero-order valence-corrected chi connectivity index (χ0v) is 15.9. The van der Waals surface area contributed by atoms with Gasteiger partial charge >= 0.3 is 0 Å². The van der Waals surface area contributed by atoms with E-state index in [0.717, 1.165) is 24.4 Å². The Morgan fingerprint density at radius 3 is 2.48 bits per heavy atom. The first-order valence-electron chi connectivity index (χ1n) is 9.40. The third-order valence-corrected chi connectivity index (χ3v) is 4.92. The Balaban J connectivity index is 1.47. The molecule has 1 aromatic carbocycles. The second-order valence-electron chi connectivity index (χ2n) is 6.77. The van der Waals surface area contributed by atoms with Gasteiger partial charge in [-0.25, -0.2) is 9.97 Å². The summed E-state index contributed by atoms with van der Waals surface area (Å²) in [4.78, 5) is 34.5. The van der Waals surface area contributed by atoms with Crippen LogP contribution >= 0.6 is 0 Å². The van der Waals surface area contributed by atoms with Crippen molar-refractivity contribution in [1.29, 1.82) is 0 Å². The summed E-state index contributed by atoms with van der Waals surface area (Å²) in [6, 6.07) is 8.91. The van der Waals surface area contributed by atoms with Crippen LogP contribution in [0.4, 0.5) is 0 Å². The highest BCUT2D eigenvalue weighted by Gasteiger charge is 2.25. The van der Waals surface area contributed by atoms with Gasteiger partial charge in [-0.3, -0.25) is 9.59 Å². The van der Waals surface area contributed by atoms with Crippen molar-refractivity contribution in [3.05, 3.63) is 53.6 Å². The second-order valence-corrected chi connectivity index (χ2v) is 6.77. The fraction of sp³-hybridized carbons (Fsp3) is 0.429. The average molecular weight is 367 g/mol. The van der Waals surface area contributed by atoms with Crippen LogP contribution in [0.25, 0.3) is 0 Å². The molecule has 2 aromatic rings. The first-order chi connectivity index (χ1) is 13.1. The Morgan fingerprint density at radius 1 is 1.15 bits per heavy atom. The molecule has 0 unspecified atom stereocenters. The minimum atomic E-state index is -0.0129. The quantitative estimate of drug-likeness (QED) is 0.733. The summed E-state index contributed by atoms with van der Waals surface area (Å²) in [6.07, 6.45) is 4.07. The molecule has 6 nitrogen and oxygen atoms in total. The SMILES string of the molecule is CCC(=O)c1ccc(OCC(=O)N2CCC(c3ccnc(C)n3)CC2)cc1. The van der Waals surface area contributed by atoms with Crippen molar-refractivity contribution in [3.8, 4) is 5.75 Å². The van der Waals surface area contributed by atoms with Crippen molar-refractivity contribution >= 4 is 11.7 Å². The van der Waals surface area contributed by atoms with Crippen LogP contribution in [0.15, 0.2) is 36.5 Å². The Morgan fingerprint density at radius 2 is 1.85 bits per heavy atom. The van der Waals surface area contributed by atoms with Gasteiger partial charge in [0.2, 0.25) is 0 Å². The van der Waals surface area contributed by atoms with E-state index in [2.05, 4.69) is 9.97 Å². The molecule has 0 N–H and O–H groups in total. The predicted molar refractivity (Wildman–Crippen MR) is 102 cm³/mol. The third-order valence-electron chi connectivity index (χ3n) is 4.92. The highest BCUT2D eigenvalue weighted by atomic mass is 16.5. The second kappa shape index (κ2) is 8.75. The van der Waals surface area contributed by atoms with E-state index in [9.17, 15) is 9.59 Å². The lowest BCUT2D eigenvalue weighted by Gasteiger charge is -2.31. The van der Waals surface area contributed by atoms with Crippen LogP contribution in [-0.2, 0) is 4.79 Å². The van der Waals surface area contributed by atoms with Crippen molar-refractivity contribution in [1.82, 2.24) is 14.9 Å². The highest BCUT2D eigenvalue weighted by Crippen LogP contribution is 2.26. The van der Waals surface area contributed by atoms with Gasteiger partial charge in [-0.2, -0.15) is 0 Å². The lowest BCUT2D eigenvalue weighted by atomic mass is 9.93. The van der Waals surface area contributed by atoms with E-state index < -0.39 is 0 Å². The van der Waals surface area contributed by atoms with E-state index in [0.29, 0.717) is 36.7 Å². The smallest absolute Gasteiger partial charge is 0.260 e. The fourth-order valence-corrected chi connectivity index (χ4v) is 3.30. The maximum absolute atomic E-state index is 12.4. The number of hydrogen-bond donors (Lipinski definition) is 0. The van der Waals surface area contributed by atoms with Gasteiger partial charge in [0.1, 0.15) is 11.6 Å². The lowest BCUT2D eigenvalue weighted by molar-refractivity contribution is -0.134. The topological polar surface area (TPSA) is 72.4 Å². The molecule has 0 radical (unpaired) electrons. The number of piperidine rings is 1. The van der Waals surface area contributed by atoms with Gasteiger partial charge in [-0.1, -0.05) is 6.92 Å². The normalized spacial score (nSPS) is 14.8. The molecule has 0 atom stereocenters. The zero-order valence-electron chi connectivity index (χ0n) is 15.9. The van der Waals surface area contributed by atoms with Crippen molar-refractivity contribution < 1.29 is 14.3 Å². The maximum Gasteiger partial charge on any atom is 0.260 e. The molecule has 1 aromatic heterocycles. The van der Waals surface area contributed by atoms with Gasteiger partial charge in [0, 0.05) is 42.9 Å². The Bertz CT molecular complexity index is 797. The molecule has 0 bridgehead atoms. The molecule has 1 saturated heterocycles. The van der Waals surface area contributed by atoms with Crippen molar-refractivity contribution in [2.45, 2.75) is 39.0 Å². The predicted octanol–water partition coefficient (Wildman–Crippen LogP) is 3.16. The maximum atomic E-state index is 12.4. The van der Waals surface area contributed by atoms with E-state index in [4.69, 9.17) is 4.74 Å². The molecule has 1 amide bonds. The number of carbonyl (C=O) groups excluding carboxylic acids is 2. The van der Waals surface area contributed by atoms with E-state index in [1.807, 2.05) is 24.8 Å². The number of amides is 1. The molecule has 0 aliphatic carbocycles. The van der Waals surface area contributed by atoms with Crippen molar-refractivity contribution in [2.75, 3.05) is 19.7 Å². The molecule has 0 spiro atoms. The van der Waals surface area contributed by atoms with Crippen LogP contribution in [0.2, 0.25) is 0 Å². The standard InChI is InChI=1S/C21H25N3O3/c1-3-20(25)17-4-6-18(7-5-17)27-14-21(26)24-12-9-16(10-13-24)19-8-11-22-15(2)23-19/h4-8,11,16H,3,9-10,12-14H2,1-2H3. The summed E-state index contributed by atoms with van der Waals surface area (Å²) >= 11 is 0. The first-order valence-corrected chi connectivity index (χ1v) is 9.40. The van der Waals surface area contributed by atoms with E-state index in [1.165, 1.54) is 0 Å². The zero-order chi connectivity index (χ0) is 19.2. The molecule has 27 heavy (non-hydrogen) atoms. The number of benzene rings is 1. The van der Waals surface area contributed by atoms with Crippen LogP contribution in [0.3, 0.4) is 0 Å². The first kappa shape index (κ1) is 19.0. The molecule has 0 saturated carbocycles. The third kappa shape index (κ3) is 4.90. The summed E-state index contributed by atoms with van der Waals surface area (Å²) in [5.41, 5.74) is 1.73. The van der Waals surface area contributed by atoms with Gasteiger partial charge < -0.3 is 9.64 Å². The minimum absolute atomic E-state index is 0.0123. The molecule has 142 valence electrons. The van der Waals surface area contributed by atoms with E-state index in [1.54, 1.807) is 30.5 Å². The Kier molecular flexibility index (Phi) is 6.16. The van der Waals surface area contributed by atoms with Crippen LogP contribution in [0.5, 0.6) is 5.75 Å². The van der Waals surface area contributed by atoms with E-state index in [-0.39, 0.29) is 18.3 Å². The number of aromatic nitrogens is 2. The Hall–Kier alpha value is -2.76. The number of carbonyl (C=O) groups is 2.